The van der Waals surface area contributed by atoms with Crippen LogP contribution in [0.5, 0.6) is 5.75 Å². The van der Waals surface area contributed by atoms with Gasteiger partial charge in [0, 0.05) is 18.7 Å². The Balaban J connectivity index is 2.77. The second-order valence-electron chi connectivity index (χ2n) is 4.46. The predicted molar refractivity (Wildman–Crippen MR) is 70.2 cm³/mol. The number of nitro benzene ring substituents is 1. The van der Waals surface area contributed by atoms with Crippen LogP contribution >= 0.6 is 0 Å². The Kier molecular flexibility index (Phi) is 5.01. The van der Waals surface area contributed by atoms with E-state index in [1.54, 1.807) is 0 Å². The van der Waals surface area contributed by atoms with Crippen LogP contribution in [0.25, 0.3) is 0 Å². The zero-order valence-electron chi connectivity index (χ0n) is 11.1. The van der Waals surface area contributed by atoms with Crippen molar-refractivity contribution in [1.29, 1.82) is 0 Å². The van der Waals surface area contributed by atoms with Gasteiger partial charge in [-0.2, -0.15) is 0 Å². The molecule has 1 aromatic rings. The highest BCUT2D eigenvalue weighted by Gasteiger charge is 2.22. The summed E-state index contributed by atoms with van der Waals surface area (Å²) in [7, 11) is 0. The van der Waals surface area contributed by atoms with E-state index in [0.29, 0.717) is 0 Å². The number of benzene rings is 1. The number of carbonyl (C=O) groups is 2. The summed E-state index contributed by atoms with van der Waals surface area (Å²) in [5, 5.41) is 10.5. The van der Waals surface area contributed by atoms with E-state index < -0.39 is 17.0 Å². The molecule has 0 radical (unpaired) electrons. The smallest absolute Gasteiger partial charge is 0.410 e. The Morgan fingerprint density at radius 3 is 2.30 bits per heavy atom. The lowest BCUT2D eigenvalue weighted by atomic mass is 10.2. The highest BCUT2D eigenvalue weighted by Crippen LogP contribution is 2.18. The highest BCUT2D eigenvalue weighted by molar-refractivity contribution is 5.90. The molecule has 0 aliphatic heterocycles. The van der Waals surface area contributed by atoms with Gasteiger partial charge in [0.2, 0.25) is 0 Å². The molecule has 0 aliphatic carbocycles. The maximum absolute atomic E-state index is 11.8. The molecule has 0 fully saturated rings. The molecule has 1 aromatic carbocycles. The van der Waals surface area contributed by atoms with Gasteiger partial charge in [-0.15, -0.1) is 0 Å². The molecule has 20 heavy (non-hydrogen) atoms. The maximum Gasteiger partial charge on any atom is 0.423 e. The Bertz CT molecular complexity index is 512. The number of ether oxygens (including phenoxy) is 1. The van der Waals surface area contributed by atoms with Gasteiger partial charge >= 0.3 is 12.1 Å². The highest BCUT2D eigenvalue weighted by atomic mass is 16.6. The lowest BCUT2D eigenvalue weighted by Gasteiger charge is -2.19. The molecule has 0 saturated heterocycles. The summed E-state index contributed by atoms with van der Waals surface area (Å²) in [4.78, 5) is 33.6. The van der Waals surface area contributed by atoms with Gasteiger partial charge in [-0.25, -0.2) is 14.5 Å². The van der Waals surface area contributed by atoms with Crippen molar-refractivity contribution in [2.24, 2.45) is 11.7 Å². The van der Waals surface area contributed by atoms with E-state index in [1.165, 1.54) is 24.3 Å². The van der Waals surface area contributed by atoms with Crippen molar-refractivity contribution >= 4 is 17.8 Å². The SMILES string of the molecule is CC(C)CN(C(N)=O)C(=O)Oc1ccc([N+](=O)[O-])cc1. The van der Waals surface area contributed by atoms with E-state index in [1.807, 2.05) is 13.8 Å². The van der Waals surface area contributed by atoms with Gasteiger partial charge in [-0.3, -0.25) is 10.1 Å². The van der Waals surface area contributed by atoms with E-state index in [4.69, 9.17) is 10.5 Å². The fraction of sp³-hybridized carbons (Fsp3) is 0.333. The molecule has 0 bridgehead atoms. The molecule has 0 spiro atoms. The number of non-ortho nitro benzene ring substituents is 1. The van der Waals surface area contributed by atoms with Gasteiger partial charge in [0.15, 0.2) is 0 Å². The molecule has 2 N–H and O–H groups in total. The summed E-state index contributed by atoms with van der Waals surface area (Å²) in [5.74, 6) is 0.127. The van der Waals surface area contributed by atoms with Crippen LogP contribution in [0.4, 0.5) is 15.3 Å². The molecule has 8 nitrogen and oxygen atoms in total. The van der Waals surface area contributed by atoms with E-state index in [0.717, 1.165) is 4.90 Å². The molecule has 8 heteroatoms. The molecular weight excluding hydrogens is 266 g/mol. The fourth-order valence-electron chi connectivity index (χ4n) is 1.41. The standard InChI is InChI=1S/C12H15N3O5/c1-8(2)7-14(11(13)16)12(17)20-10-5-3-9(4-6-10)15(18)19/h3-6,8H,7H2,1-2H3,(H2,13,16). The summed E-state index contributed by atoms with van der Waals surface area (Å²) in [5.41, 5.74) is 4.97. The second kappa shape index (κ2) is 6.50. The lowest BCUT2D eigenvalue weighted by Crippen LogP contribution is -2.44. The maximum atomic E-state index is 11.8. The third-order valence-corrected chi connectivity index (χ3v) is 2.29. The normalized spacial score (nSPS) is 10.2. The van der Waals surface area contributed by atoms with Gasteiger partial charge in [0.1, 0.15) is 5.75 Å². The predicted octanol–water partition coefficient (Wildman–Crippen LogP) is 2.13. The largest absolute Gasteiger partial charge is 0.423 e. The average molecular weight is 281 g/mol. The Hall–Kier alpha value is -2.64. The number of hydrogen-bond donors (Lipinski definition) is 1. The number of imide groups is 1. The quantitative estimate of drug-likeness (QED) is 0.670. The molecule has 0 heterocycles. The molecule has 108 valence electrons. The van der Waals surface area contributed by atoms with E-state index in [2.05, 4.69) is 0 Å². The fourth-order valence-corrected chi connectivity index (χ4v) is 1.41. The van der Waals surface area contributed by atoms with Crippen LogP contribution in [0.2, 0.25) is 0 Å². The van der Waals surface area contributed by atoms with Crippen molar-refractivity contribution in [2.45, 2.75) is 13.8 Å². The molecule has 0 atom stereocenters. The molecule has 3 amide bonds. The molecule has 0 aromatic heterocycles. The summed E-state index contributed by atoms with van der Waals surface area (Å²) >= 11 is 0. The first kappa shape index (κ1) is 15.4. The Labute approximate surface area is 115 Å². The van der Waals surface area contributed by atoms with Gasteiger partial charge in [-0.05, 0) is 18.1 Å². The van der Waals surface area contributed by atoms with Crippen molar-refractivity contribution in [3.8, 4) is 5.75 Å². The van der Waals surface area contributed by atoms with Gasteiger partial charge in [0.25, 0.3) is 5.69 Å². The minimum Gasteiger partial charge on any atom is -0.410 e. The van der Waals surface area contributed by atoms with Crippen LogP contribution < -0.4 is 10.5 Å². The lowest BCUT2D eigenvalue weighted by molar-refractivity contribution is -0.384. The van der Waals surface area contributed by atoms with E-state index >= 15 is 0 Å². The van der Waals surface area contributed by atoms with Crippen molar-refractivity contribution in [3.63, 3.8) is 0 Å². The summed E-state index contributed by atoms with van der Waals surface area (Å²) in [6.07, 6.45) is -0.917. The second-order valence-corrected chi connectivity index (χ2v) is 4.46. The minimum atomic E-state index is -0.917. The van der Waals surface area contributed by atoms with Crippen LogP contribution in [-0.2, 0) is 0 Å². The molecule has 0 unspecified atom stereocenters. The number of primary amides is 1. The van der Waals surface area contributed by atoms with Gasteiger partial charge in [-0.1, -0.05) is 13.8 Å². The van der Waals surface area contributed by atoms with E-state index in [-0.39, 0.29) is 23.9 Å². The number of amides is 3. The third-order valence-electron chi connectivity index (χ3n) is 2.29. The number of nitro groups is 1. The van der Waals surface area contributed by atoms with Crippen molar-refractivity contribution in [2.75, 3.05) is 6.54 Å². The number of rotatable bonds is 4. The number of nitrogens with two attached hydrogens (primary N) is 1. The zero-order chi connectivity index (χ0) is 15.3. The molecule has 0 saturated carbocycles. The van der Waals surface area contributed by atoms with Crippen LogP contribution in [0, 0.1) is 16.0 Å². The minimum absolute atomic E-state index is 0.0342. The van der Waals surface area contributed by atoms with E-state index in [9.17, 15) is 19.7 Å². The topological polar surface area (TPSA) is 116 Å². The van der Waals surface area contributed by atoms with Gasteiger partial charge < -0.3 is 10.5 Å². The van der Waals surface area contributed by atoms with Crippen molar-refractivity contribution < 1.29 is 19.2 Å². The third kappa shape index (κ3) is 4.23. The monoisotopic (exact) mass is 281 g/mol. The average Bonchev–Trinajstić information content (AvgIpc) is 2.35. The molecular formula is C12H15N3O5. The summed E-state index contributed by atoms with van der Waals surface area (Å²) < 4.78 is 4.94. The molecule has 0 aliphatic rings. The summed E-state index contributed by atoms with van der Waals surface area (Å²) in [6.45, 7) is 3.76. The molecule has 1 rings (SSSR count). The first-order valence-electron chi connectivity index (χ1n) is 5.84. The summed E-state index contributed by atoms with van der Waals surface area (Å²) in [6, 6.07) is 4.01. The Morgan fingerprint density at radius 2 is 1.90 bits per heavy atom. The van der Waals surface area contributed by atoms with Crippen LogP contribution in [0.3, 0.4) is 0 Å². The van der Waals surface area contributed by atoms with Crippen LogP contribution in [-0.4, -0.2) is 28.5 Å². The Morgan fingerprint density at radius 1 is 1.35 bits per heavy atom. The zero-order valence-corrected chi connectivity index (χ0v) is 11.1. The van der Waals surface area contributed by atoms with Crippen LogP contribution in [0.1, 0.15) is 13.8 Å². The van der Waals surface area contributed by atoms with Crippen LogP contribution in [0.15, 0.2) is 24.3 Å². The van der Waals surface area contributed by atoms with Crippen molar-refractivity contribution in [1.82, 2.24) is 4.90 Å². The number of urea groups is 1. The number of hydrogen-bond acceptors (Lipinski definition) is 5. The number of carbonyl (C=O) groups excluding carboxylic acids is 2. The number of nitrogens with zero attached hydrogens (tertiary/aromatic N) is 2. The van der Waals surface area contributed by atoms with Gasteiger partial charge in [0.05, 0.1) is 4.92 Å². The first-order chi connectivity index (χ1) is 9.31. The van der Waals surface area contributed by atoms with Crippen molar-refractivity contribution in [3.05, 3.63) is 34.4 Å². The first-order valence-corrected chi connectivity index (χ1v) is 5.84.